The minimum absolute atomic E-state index is 0.161. The zero-order chi connectivity index (χ0) is 19.2. The first kappa shape index (κ1) is 19.4. The van der Waals surface area contributed by atoms with Gasteiger partial charge in [0.1, 0.15) is 4.88 Å². The maximum absolute atomic E-state index is 12.3. The van der Waals surface area contributed by atoms with Gasteiger partial charge in [-0.3, -0.25) is 10.1 Å². The molecule has 0 spiro atoms. The molecule has 27 heavy (non-hydrogen) atoms. The number of imide groups is 1. The fraction of sp³-hybridized carbons (Fsp3) is 0.611. The zero-order valence-electron chi connectivity index (χ0n) is 14.6. The Morgan fingerprint density at radius 2 is 1.70 bits per heavy atom. The molecule has 0 aliphatic heterocycles. The van der Waals surface area contributed by atoms with E-state index < -0.39 is 24.5 Å². The van der Waals surface area contributed by atoms with Crippen molar-refractivity contribution in [1.82, 2.24) is 10.6 Å². The number of thiophene rings is 1. The summed E-state index contributed by atoms with van der Waals surface area (Å²) in [4.78, 5) is 36.6. The number of hydrogen-bond acceptors (Lipinski definition) is 5. The number of urea groups is 1. The van der Waals surface area contributed by atoms with Crippen LogP contribution in [0, 0.1) is 17.8 Å². The van der Waals surface area contributed by atoms with Crippen molar-refractivity contribution >= 4 is 61.1 Å². The van der Waals surface area contributed by atoms with E-state index in [2.05, 4.69) is 42.5 Å². The van der Waals surface area contributed by atoms with Crippen molar-refractivity contribution in [2.75, 3.05) is 6.61 Å². The van der Waals surface area contributed by atoms with Crippen molar-refractivity contribution in [2.24, 2.45) is 17.8 Å². The van der Waals surface area contributed by atoms with Gasteiger partial charge in [-0.1, -0.05) is 0 Å². The number of esters is 1. The Morgan fingerprint density at radius 3 is 2.22 bits per heavy atom. The molecule has 146 valence electrons. The number of rotatable bonds is 4. The molecule has 1 aromatic rings. The number of carbonyl (C=O) groups excluding carboxylic acids is 3. The van der Waals surface area contributed by atoms with E-state index in [4.69, 9.17) is 4.74 Å². The van der Waals surface area contributed by atoms with Gasteiger partial charge in [-0.2, -0.15) is 0 Å². The summed E-state index contributed by atoms with van der Waals surface area (Å²) in [5, 5.41) is 5.36. The van der Waals surface area contributed by atoms with Crippen LogP contribution in [0.25, 0.3) is 0 Å². The van der Waals surface area contributed by atoms with E-state index in [9.17, 15) is 14.4 Å². The molecule has 2 N–H and O–H groups in total. The summed E-state index contributed by atoms with van der Waals surface area (Å²) in [6.45, 7) is -0.486. The van der Waals surface area contributed by atoms with Gasteiger partial charge in [0.2, 0.25) is 0 Å². The van der Waals surface area contributed by atoms with Crippen molar-refractivity contribution in [2.45, 2.75) is 44.1 Å². The van der Waals surface area contributed by atoms with Crippen LogP contribution in [0.5, 0.6) is 0 Å². The second kappa shape index (κ2) is 7.48. The van der Waals surface area contributed by atoms with Gasteiger partial charge in [-0.05, 0) is 94.2 Å². The van der Waals surface area contributed by atoms with Gasteiger partial charge >= 0.3 is 12.0 Å². The summed E-state index contributed by atoms with van der Waals surface area (Å²) >= 11 is 7.81. The van der Waals surface area contributed by atoms with Crippen molar-refractivity contribution in [3.8, 4) is 0 Å². The summed E-state index contributed by atoms with van der Waals surface area (Å²) in [5.41, 5.74) is -0.161. The summed E-state index contributed by atoms with van der Waals surface area (Å²) in [6, 6.07) is 1.13. The van der Waals surface area contributed by atoms with Crippen LogP contribution in [-0.2, 0) is 9.53 Å². The molecule has 6 nitrogen and oxygen atoms in total. The molecule has 4 bridgehead atoms. The molecule has 0 radical (unpaired) electrons. The molecule has 1 heterocycles. The highest BCUT2D eigenvalue weighted by atomic mass is 79.9. The SMILES string of the molecule is O=C(COC(=O)c1cc(Br)c(Br)s1)NC(=O)NC12CC3CC(CC(C3)C1)C2. The van der Waals surface area contributed by atoms with E-state index in [1.54, 1.807) is 6.07 Å². The lowest BCUT2D eigenvalue weighted by molar-refractivity contribution is -0.123. The first-order valence-electron chi connectivity index (χ1n) is 9.06. The monoisotopic (exact) mass is 518 g/mol. The van der Waals surface area contributed by atoms with E-state index in [0.29, 0.717) is 22.6 Å². The third-order valence-electron chi connectivity index (χ3n) is 5.85. The first-order chi connectivity index (χ1) is 12.8. The van der Waals surface area contributed by atoms with Crippen LogP contribution in [0.15, 0.2) is 14.3 Å². The molecule has 0 unspecified atom stereocenters. The number of hydrogen-bond donors (Lipinski definition) is 2. The molecule has 3 amide bonds. The average Bonchev–Trinajstić information content (AvgIpc) is 2.90. The third-order valence-corrected chi connectivity index (χ3v) is 9.09. The maximum Gasteiger partial charge on any atom is 0.348 e. The molecule has 0 atom stereocenters. The molecule has 4 fully saturated rings. The summed E-state index contributed by atoms with van der Waals surface area (Å²) in [6.07, 6.45) is 6.89. The number of halogens is 2. The Balaban J connectivity index is 1.26. The Hall–Kier alpha value is -0.930. The normalized spacial score (nSPS) is 30.8. The summed E-state index contributed by atoms with van der Waals surface area (Å²) in [7, 11) is 0. The molecular weight excluding hydrogens is 500 g/mol. The van der Waals surface area contributed by atoms with Crippen LogP contribution < -0.4 is 10.6 Å². The quantitative estimate of drug-likeness (QED) is 0.583. The number of amides is 3. The predicted octanol–water partition coefficient (Wildman–Crippen LogP) is 4.22. The van der Waals surface area contributed by atoms with E-state index in [-0.39, 0.29) is 5.54 Å². The standard InChI is InChI=1S/C18H20Br2N2O4S/c19-12-4-13(27-15(12)20)16(24)26-8-14(23)21-17(25)22-18-5-9-1-10(6-18)3-11(2-9)7-18/h4,9-11H,1-3,5-8H2,(H2,21,22,23,25). The Bertz CT molecular complexity index is 740. The average molecular weight is 520 g/mol. The zero-order valence-corrected chi connectivity index (χ0v) is 18.5. The summed E-state index contributed by atoms with van der Waals surface area (Å²) in [5.74, 6) is 0.899. The fourth-order valence-electron chi connectivity index (χ4n) is 5.35. The molecule has 1 aromatic heterocycles. The van der Waals surface area contributed by atoms with E-state index in [1.807, 2.05) is 0 Å². The number of carbonyl (C=O) groups is 3. The Morgan fingerprint density at radius 1 is 1.11 bits per heavy atom. The van der Waals surface area contributed by atoms with Gasteiger partial charge in [0.05, 0.1) is 3.79 Å². The minimum atomic E-state index is -0.625. The van der Waals surface area contributed by atoms with Crippen LogP contribution in [0.4, 0.5) is 4.79 Å². The highest BCUT2D eigenvalue weighted by Gasteiger charge is 2.51. The first-order valence-corrected chi connectivity index (χ1v) is 11.5. The number of ether oxygens (including phenoxy) is 1. The van der Waals surface area contributed by atoms with Crippen molar-refractivity contribution in [3.63, 3.8) is 0 Å². The summed E-state index contributed by atoms with van der Waals surface area (Å²) < 4.78 is 6.51. The molecule has 4 aliphatic carbocycles. The second-order valence-electron chi connectivity index (χ2n) is 8.01. The smallest absolute Gasteiger partial charge is 0.348 e. The Labute approximate surface area is 178 Å². The van der Waals surface area contributed by atoms with E-state index in [0.717, 1.165) is 27.5 Å². The van der Waals surface area contributed by atoms with Crippen molar-refractivity contribution in [3.05, 3.63) is 19.2 Å². The maximum atomic E-state index is 12.3. The lowest BCUT2D eigenvalue weighted by atomic mass is 9.53. The van der Waals surface area contributed by atoms with Gasteiger partial charge in [0.15, 0.2) is 6.61 Å². The number of nitrogens with one attached hydrogen (secondary N) is 2. The van der Waals surface area contributed by atoms with Gasteiger partial charge < -0.3 is 10.1 Å². The molecule has 0 saturated heterocycles. The largest absolute Gasteiger partial charge is 0.451 e. The van der Waals surface area contributed by atoms with E-state index >= 15 is 0 Å². The van der Waals surface area contributed by atoms with Crippen LogP contribution >= 0.6 is 43.2 Å². The van der Waals surface area contributed by atoms with Crippen molar-refractivity contribution < 1.29 is 19.1 Å². The Kier molecular flexibility index (Phi) is 5.37. The van der Waals surface area contributed by atoms with Crippen LogP contribution in [-0.4, -0.2) is 30.1 Å². The highest BCUT2D eigenvalue weighted by Crippen LogP contribution is 2.55. The van der Waals surface area contributed by atoms with E-state index in [1.165, 1.54) is 30.6 Å². The predicted molar refractivity (Wildman–Crippen MR) is 108 cm³/mol. The molecule has 4 saturated carbocycles. The highest BCUT2D eigenvalue weighted by molar-refractivity contribution is 9.13. The lowest BCUT2D eigenvalue weighted by Gasteiger charge is -2.56. The second-order valence-corrected chi connectivity index (χ2v) is 11.2. The van der Waals surface area contributed by atoms with Gasteiger partial charge in [0, 0.05) is 10.0 Å². The minimum Gasteiger partial charge on any atom is -0.451 e. The van der Waals surface area contributed by atoms with Crippen LogP contribution in [0.1, 0.15) is 48.2 Å². The molecule has 9 heteroatoms. The topological polar surface area (TPSA) is 84.5 Å². The molecular formula is C18H20Br2N2O4S. The molecule has 4 aliphatic rings. The van der Waals surface area contributed by atoms with Crippen LogP contribution in [0.2, 0.25) is 0 Å². The van der Waals surface area contributed by atoms with Crippen LogP contribution in [0.3, 0.4) is 0 Å². The van der Waals surface area contributed by atoms with Crippen molar-refractivity contribution in [1.29, 1.82) is 0 Å². The van der Waals surface area contributed by atoms with Gasteiger partial charge in [0.25, 0.3) is 5.91 Å². The van der Waals surface area contributed by atoms with Gasteiger partial charge in [-0.15, -0.1) is 11.3 Å². The molecule has 5 rings (SSSR count). The lowest BCUT2D eigenvalue weighted by Crippen LogP contribution is -2.62. The third kappa shape index (κ3) is 4.24. The molecule has 0 aromatic carbocycles. The van der Waals surface area contributed by atoms with Gasteiger partial charge in [-0.25, -0.2) is 9.59 Å². The fourth-order valence-corrected chi connectivity index (χ4v) is 7.28.